The molecule has 6 rings (SSSR count). The lowest BCUT2D eigenvalue weighted by Crippen LogP contribution is -2.25. The van der Waals surface area contributed by atoms with Gasteiger partial charge in [-0.05, 0) is 31.0 Å². The van der Waals surface area contributed by atoms with Crippen LogP contribution in [0.3, 0.4) is 0 Å². The molecule has 0 radical (unpaired) electrons. The molecule has 0 saturated carbocycles. The molecule has 1 aliphatic carbocycles. The summed E-state index contributed by atoms with van der Waals surface area (Å²) in [5.41, 5.74) is 4.42. The molecule has 1 aliphatic rings. The molecule has 0 N–H and O–H groups in total. The van der Waals surface area contributed by atoms with Gasteiger partial charge in [0, 0.05) is 33.5 Å². The van der Waals surface area contributed by atoms with E-state index in [-0.39, 0.29) is 5.78 Å². The zero-order valence-corrected chi connectivity index (χ0v) is 21.4. The predicted molar refractivity (Wildman–Crippen MR) is 154 cm³/mol. The third kappa shape index (κ3) is 4.37. The molecule has 0 bridgehead atoms. The van der Waals surface area contributed by atoms with Crippen molar-refractivity contribution in [3.63, 3.8) is 0 Å². The molecule has 1 aromatic heterocycles. The third-order valence-corrected chi connectivity index (χ3v) is 10.6. The molecule has 180 valence electrons. The van der Waals surface area contributed by atoms with E-state index in [0.717, 1.165) is 41.0 Å². The van der Waals surface area contributed by atoms with Crippen molar-refractivity contribution in [3.8, 4) is 11.3 Å². The molecule has 0 fully saturated rings. The van der Waals surface area contributed by atoms with E-state index in [0.29, 0.717) is 6.42 Å². The van der Waals surface area contributed by atoms with E-state index in [1.54, 1.807) is 0 Å². The molecule has 3 nitrogen and oxygen atoms in total. The minimum absolute atomic E-state index is 0.195. The Morgan fingerprint density at radius 3 is 1.70 bits per heavy atom. The van der Waals surface area contributed by atoms with Gasteiger partial charge in [0.1, 0.15) is 0 Å². The monoisotopic (exact) mass is 498 g/mol. The Morgan fingerprint density at radius 1 is 0.568 bits per heavy atom. The van der Waals surface area contributed by atoms with E-state index in [4.69, 9.17) is 9.73 Å². The van der Waals surface area contributed by atoms with Crippen molar-refractivity contribution in [2.75, 3.05) is 0 Å². The van der Waals surface area contributed by atoms with Crippen LogP contribution < -0.4 is 15.9 Å². The molecular weight excluding hydrogens is 471 g/mol. The first-order valence-corrected chi connectivity index (χ1v) is 14.4. The molecule has 0 saturated heterocycles. The van der Waals surface area contributed by atoms with Crippen LogP contribution in [0, 0.1) is 0 Å². The molecule has 0 spiro atoms. The van der Waals surface area contributed by atoms with Gasteiger partial charge in [-0.15, -0.1) is 0 Å². The van der Waals surface area contributed by atoms with Gasteiger partial charge in [-0.3, -0.25) is 14.5 Å². The van der Waals surface area contributed by atoms with Gasteiger partial charge >= 0.3 is 0 Å². The van der Waals surface area contributed by atoms with E-state index in [2.05, 4.69) is 103 Å². The Hall–Kier alpha value is -4.07. The molecule has 4 aromatic carbocycles. The Bertz CT molecular complexity index is 1510. The number of carbonyl (C=O) groups is 1. The molecule has 37 heavy (non-hydrogen) atoms. The second-order valence-electron chi connectivity index (χ2n) is 9.23. The number of hydrogen-bond donors (Lipinski definition) is 0. The molecule has 4 heteroatoms. The number of ketones is 1. The molecule has 0 amide bonds. The Balaban J connectivity index is 1.65. The van der Waals surface area contributed by atoms with E-state index >= 15 is 0 Å². The van der Waals surface area contributed by atoms with Gasteiger partial charge in [-0.1, -0.05) is 109 Å². The van der Waals surface area contributed by atoms with Gasteiger partial charge in [-0.25, -0.2) is 0 Å². The summed E-state index contributed by atoms with van der Waals surface area (Å²) in [6, 6.07) is 44.1. The van der Waals surface area contributed by atoms with Gasteiger partial charge in [0.15, 0.2) is 5.78 Å². The third-order valence-electron chi connectivity index (χ3n) is 6.92. The predicted octanol–water partition coefficient (Wildman–Crippen LogP) is 7.08. The first kappa shape index (κ1) is 23.3. The van der Waals surface area contributed by atoms with Crippen molar-refractivity contribution in [1.82, 2.24) is 4.98 Å². The van der Waals surface area contributed by atoms with Crippen molar-refractivity contribution >= 4 is 34.4 Å². The summed E-state index contributed by atoms with van der Waals surface area (Å²) in [5.74, 6) is 0.195. The Morgan fingerprint density at radius 2 is 1.11 bits per heavy atom. The van der Waals surface area contributed by atoms with Crippen LogP contribution in [0.4, 0.5) is 5.69 Å². The lowest BCUT2D eigenvalue weighted by Gasteiger charge is -2.27. The van der Waals surface area contributed by atoms with E-state index < -0.39 is 7.05 Å². The molecule has 0 atom stereocenters. The van der Waals surface area contributed by atoms with Gasteiger partial charge in [0.05, 0.1) is 24.1 Å². The number of rotatable bonds is 5. The highest BCUT2D eigenvalue weighted by Gasteiger charge is 2.28. The topological polar surface area (TPSA) is 42.3 Å². The number of nitrogens with zero attached hydrogens (tertiary/aromatic N) is 2. The van der Waals surface area contributed by atoms with Crippen molar-refractivity contribution in [3.05, 3.63) is 139 Å². The first-order valence-electron chi connectivity index (χ1n) is 12.7. The number of Topliss-reactive ketones (excluding diaryl/α,β-unsaturated/α-hetero) is 1. The van der Waals surface area contributed by atoms with Crippen molar-refractivity contribution in [2.45, 2.75) is 19.3 Å². The molecule has 0 unspecified atom stereocenters. The van der Waals surface area contributed by atoms with Crippen LogP contribution in [0.1, 0.15) is 28.9 Å². The fourth-order valence-corrected chi connectivity index (χ4v) is 8.69. The average molecular weight is 499 g/mol. The fraction of sp³-hybridized carbons (Fsp3) is 0.0909. The molecule has 1 heterocycles. The van der Waals surface area contributed by atoms with Gasteiger partial charge in [0.2, 0.25) is 0 Å². The second kappa shape index (κ2) is 10.1. The Kier molecular flexibility index (Phi) is 6.39. The average Bonchev–Trinajstić information content (AvgIpc) is 2.97. The summed E-state index contributed by atoms with van der Waals surface area (Å²) in [4.78, 5) is 17.4. The summed E-state index contributed by atoms with van der Waals surface area (Å²) in [6.45, 7) is 0. The molecular formula is C33H27N2OP. The van der Waals surface area contributed by atoms with Crippen molar-refractivity contribution in [2.24, 2.45) is 4.74 Å². The first-order chi connectivity index (χ1) is 18.3. The highest BCUT2D eigenvalue weighted by molar-refractivity contribution is 7.87. The smallest absolute Gasteiger partial charge is 0.164 e. The van der Waals surface area contributed by atoms with Crippen LogP contribution in [0.15, 0.2) is 132 Å². The summed E-state index contributed by atoms with van der Waals surface area (Å²) < 4.78 is 5.71. The van der Waals surface area contributed by atoms with E-state index in [1.165, 1.54) is 15.9 Å². The maximum Gasteiger partial charge on any atom is 0.164 e. The van der Waals surface area contributed by atoms with Gasteiger partial charge in [-0.2, -0.15) is 0 Å². The number of carbonyl (C=O) groups excluding carboxylic acids is 1. The molecule has 5 aromatic rings. The van der Waals surface area contributed by atoms with Crippen LogP contribution in [0.5, 0.6) is 0 Å². The summed E-state index contributed by atoms with van der Waals surface area (Å²) >= 11 is 0. The summed E-state index contributed by atoms with van der Waals surface area (Å²) in [6.07, 6.45) is 2.31. The van der Waals surface area contributed by atoms with Gasteiger partial charge < -0.3 is 0 Å². The number of benzene rings is 4. The SMILES string of the molecule is O=C1CCCc2nc(-c3ccccc3N=P(c3ccccc3)(c3ccccc3)c3ccccc3)ccc21. The number of hydrogen-bond acceptors (Lipinski definition) is 3. The maximum absolute atomic E-state index is 12.4. The van der Waals surface area contributed by atoms with Crippen LogP contribution in [0.2, 0.25) is 0 Å². The number of pyridine rings is 1. The van der Waals surface area contributed by atoms with E-state index in [9.17, 15) is 4.79 Å². The van der Waals surface area contributed by atoms with Crippen LogP contribution in [-0.2, 0) is 6.42 Å². The summed E-state index contributed by atoms with van der Waals surface area (Å²) in [7, 11) is -2.41. The number of aromatic nitrogens is 1. The highest BCUT2D eigenvalue weighted by atomic mass is 31.2. The standard InChI is InChI=1S/C33H27N2OP/c36-33-22-12-21-30-29(33)23-24-31(34-30)28-19-10-11-20-32(28)35-37(25-13-4-1-5-14-25,26-15-6-2-7-16-26)27-17-8-3-9-18-27/h1-11,13-20,23-24H,12,21-22H2. The Labute approximate surface area is 217 Å². The minimum atomic E-state index is -2.41. The lowest BCUT2D eigenvalue weighted by atomic mass is 9.94. The van der Waals surface area contributed by atoms with Crippen molar-refractivity contribution < 1.29 is 4.79 Å². The zero-order valence-electron chi connectivity index (χ0n) is 20.5. The second-order valence-corrected chi connectivity index (χ2v) is 12.2. The zero-order chi connectivity index (χ0) is 25.1. The molecule has 0 aliphatic heterocycles. The van der Waals surface area contributed by atoms with Crippen LogP contribution >= 0.6 is 7.05 Å². The number of fused-ring (bicyclic) bond motifs is 1. The number of aryl methyl sites for hydroxylation is 1. The van der Waals surface area contributed by atoms with Gasteiger partial charge in [0.25, 0.3) is 0 Å². The van der Waals surface area contributed by atoms with E-state index in [1.807, 2.05) is 24.3 Å². The quantitative estimate of drug-likeness (QED) is 0.243. The van der Waals surface area contributed by atoms with Crippen LogP contribution in [-0.4, -0.2) is 10.8 Å². The maximum atomic E-state index is 12.4. The lowest BCUT2D eigenvalue weighted by molar-refractivity contribution is 0.0971. The fourth-order valence-electron chi connectivity index (χ4n) is 5.14. The van der Waals surface area contributed by atoms with Crippen LogP contribution in [0.25, 0.3) is 11.3 Å². The highest BCUT2D eigenvalue weighted by Crippen LogP contribution is 2.50. The van der Waals surface area contributed by atoms with Crippen molar-refractivity contribution in [1.29, 1.82) is 0 Å². The normalized spacial score (nSPS) is 13.1. The minimum Gasteiger partial charge on any atom is -0.294 e. The largest absolute Gasteiger partial charge is 0.294 e. The summed E-state index contributed by atoms with van der Waals surface area (Å²) in [5, 5.41) is 3.60.